The smallest absolute Gasteiger partial charge is 0.291 e. The van der Waals surface area contributed by atoms with Crippen molar-refractivity contribution in [1.29, 1.82) is 0 Å². The lowest BCUT2D eigenvalue weighted by Crippen LogP contribution is -2.13. The van der Waals surface area contributed by atoms with Crippen LogP contribution in [0.5, 0.6) is 5.75 Å². The number of carbonyl (C=O) groups is 2. The van der Waals surface area contributed by atoms with E-state index in [1.54, 1.807) is 61.7 Å². The van der Waals surface area contributed by atoms with Crippen LogP contribution in [0.3, 0.4) is 0 Å². The summed E-state index contributed by atoms with van der Waals surface area (Å²) >= 11 is 6.19. The third-order valence-corrected chi connectivity index (χ3v) is 3.89. The van der Waals surface area contributed by atoms with Gasteiger partial charge in [0.05, 0.1) is 24.1 Å². The second kappa shape index (κ2) is 7.76. The zero-order valence-electron chi connectivity index (χ0n) is 13.8. The van der Waals surface area contributed by atoms with Crippen LogP contribution in [0, 0.1) is 0 Å². The monoisotopic (exact) mass is 370 g/mol. The zero-order chi connectivity index (χ0) is 18.5. The Morgan fingerprint density at radius 2 is 1.77 bits per heavy atom. The van der Waals surface area contributed by atoms with Crippen LogP contribution in [-0.2, 0) is 0 Å². The number of ether oxygens (including phenoxy) is 1. The maximum Gasteiger partial charge on any atom is 0.291 e. The molecule has 6 nitrogen and oxygen atoms in total. The number of carbonyl (C=O) groups excluding carboxylic acids is 2. The van der Waals surface area contributed by atoms with Crippen molar-refractivity contribution < 1.29 is 18.7 Å². The van der Waals surface area contributed by atoms with E-state index in [1.807, 2.05) is 0 Å². The minimum Gasteiger partial charge on any atom is -0.497 e. The van der Waals surface area contributed by atoms with Crippen molar-refractivity contribution in [3.05, 3.63) is 77.2 Å². The summed E-state index contributed by atoms with van der Waals surface area (Å²) in [5.41, 5.74) is 1.40. The summed E-state index contributed by atoms with van der Waals surface area (Å²) in [5, 5.41) is 5.68. The van der Waals surface area contributed by atoms with Crippen molar-refractivity contribution in [2.75, 3.05) is 17.7 Å². The van der Waals surface area contributed by atoms with Crippen LogP contribution in [0.4, 0.5) is 11.4 Å². The predicted octanol–water partition coefficient (Wildman–Crippen LogP) is 4.45. The fraction of sp³-hybridized carbons (Fsp3) is 0.0526. The van der Waals surface area contributed by atoms with Gasteiger partial charge in [-0.2, -0.15) is 0 Å². The van der Waals surface area contributed by atoms with Crippen LogP contribution in [0.2, 0.25) is 5.02 Å². The summed E-state index contributed by atoms with van der Waals surface area (Å²) in [6.45, 7) is 0. The number of rotatable bonds is 5. The van der Waals surface area contributed by atoms with Crippen molar-refractivity contribution in [2.45, 2.75) is 0 Å². The number of anilines is 2. The molecule has 0 aliphatic heterocycles. The zero-order valence-corrected chi connectivity index (χ0v) is 14.5. The Hall–Kier alpha value is -3.25. The fourth-order valence-electron chi connectivity index (χ4n) is 2.23. The minimum absolute atomic E-state index is 0.179. The van der Waals surface area contributed by atoms with Gasteiger partial charge < -0.3 is 19.8 Å². The molecule has 132 valence electrons. The van der Waals surface area contributed by atoms with Crippen LogP contribution >= 0.6 is 11.6 Å². The molecule has 26 heavy (non-hydrogen) atoms. The van der Waals surface area contributed by atoms with Gasteiger partial charge in [-0.15, -0.1) is 0 Å². The molecule has 2 N–H and O–H groups in total. The van der Waals surface area contributed by atoms with E-state index in [9.17, 15) is 9.59 Å². The SMILES string of the molecule is COc1ccc(C(=O)Nc2ccc(NC(=O)c3ccco3)c(Cl)c2)cc1. The molecule has 2 amide bonds. The van der Waals surface area contributed by atoms with Crippen LogP contribution in [0.1, 0.15) is 20.9 Å². The first-order chi connectivity index (χ1) is 12.6. The Kier molecular flexibility index (Phi) is 5.24. The highest BCUT2D eigenvalue weighted by Gasteiger charge is 2.12. The molecular formula is C19H15ClN2O4. The first kappa shape index (κ1) is 17.6. The molecule has 0 aliphatic carbocycles. The van der Waals surface area contributed by atoms with Crippen LogP contribution < -0.4 is 15.4 Å². The number of methoxy groups -OCH3 is 1. The Labute approximate surface area is 154 Å². The molecule has 0 spiro atoms. The number of halogens is 1. The van der Waals surface area contributed by atoms with Gasteiger partial charge in [-0.1, -0.05) is 11.6 Å². The molecule has 1 aromatic heterocycles. The molecular weight excluding hydrogens is 356 g/mol. The lowest BCUT2D eigenvalue weighted by molar-refractivity contribution is 0.0994. The number of nitrogens with one attached hydrogen (secondary N) is 2. The Morgan fingerprint density at radius 3 is 2.38 bits per heavy atom. The van der Waals surface area contributed by atoms with E-state index in [-0.39, 0.29) is 16.7 Å². The third kappa shape index (κ3) is 4.04. The van der Waals surface area contributed by atoms with Crippen LogP contribution in [0.15, 0.2) is 65.3 Å². The Balaban J connectivity index is 1.68. The topological polar surface area (TPSA) is 80.6 Å². The quantitative estimate of drug-likeness (QED) is 0.695. The number of amides is 2. The van der Waals surface area contributed by atoms with Gasteiger partial charge in [-0.3, -0.25) is 9.59 Å². The normalized spacial score (nSPS) is 10.2. The van der Waals surface area contributed by atoms with Crippen LogP contribution in [-0.4, -0.2) is 18.9 Å². The lowest BCUT2D eigenvalue weighted by Gasteiger charge is -2.10. The van der Waals surface area contributed by atoms with Gasteiger partial charge in [0.15, 0.2) is 5.76 Å². The molecule has 3 rings (SSSR count). The maximum atomic E-state index is 12.3. The standard InChI is InChI=1S/C19H15ClN2O4/c1-25-14-7-4-12(5-8-14)18(23)21-13-6-9-16(15(20)11-13)22-19(24)17-3-2-10-26-17/h2-11H,1H3,(H,21,23)(H,22,24). The van der Waals surface area contributed by atoms with Crippen molar-refractivity contribution >= 4 is 34.8 Å². The molecule has 1 heterocycles. The van der Waals surface area contributed by atoms with Gasteiger partial charge in [-0.25, -0.2) is 0 Å². The molecule has 7 heteroatoms. The second-order valence-electron chi connectivity index (χ2n) is 5.31. The van der Waals surface area contributed by atoms with E-state index in [0.29, 0.717) is 22.7 Å². The molecule has 2 aromatic carbocycles. The largest absolute Gasteiger partial charge is 0.497 e. The number of hydrogen-bond donors (Lipinski definition) is 2. The number of benzene rings is 2. The summed E-state index contributed by atoms with van der Waals surface area (Å²) in [6, 6.07) is 14.7. The molecule has 0 aliphatic rings. The maximum absolute atomic E-state index is 12.3. The summed E-state index contributed by atoms with van der Waals surface area (Å²) in [5.74, 6) is 0.155. The first-order valence-corrected chi connectivity index (χ1v) is 8.04. The molecule has 0 unspecified atom stereocenters. The highest BCUT2D eigenvalue weighted by atomic mass is 35.5. The van der Waals surface area contributed by atoms with Crippen molar-refractivity contribution in [2.24, 2.45) is 0 Å². The van der Waals surface area contributed by atoms with E-state index in [2.05, 4.69) is 10.6 Å². The Morgan fingerprint density at radius 1 is 1.00 bits per heavy atom. The van der Waals surface area contributed by atoms with Gasteiger partial charge in [0, 0.05) is 11.3 Å². The van der Waals surface area contributed by atoms with Crippen molar-refractivity contribution in [1.82, 2.24) is 0 Å². The average molecular weight is 371 g/mol. The van der Waals surface area contributed by atoms with E-state index in [0.717, 1.165) is 0 Å². The van der Waals surface area contributed by atoms with Gasteiger partial charge in [0.2, 0.25) is 0 Å². The molecule has 0 bridgehead atoms. The summed E-state index contributed by atoms with van der Waals surface area (Å²) in [4.78, 5) is 24.2. The first-order valence-electron chi connectivity index (χ1n) is 7.66. The molecule has 0 saturated heterocycles. The summed E-state index contributed by atoms with van der Waals surface area (Å²) in [7, 11) is 1.56. The molecule has 0 radical (unpaired) electrons. The lowest BCUT2D eigenvalue weighted by atomic mass is 10.2. The summed E-state index contributed by atoms with van der Waals surface area (Å²) < 4.78 is 10.1. The number of hydrogen-bond acceptors (Lipinski definition) is 4. The number of furan rings is 1. The van der Waals surface area contributed by atoms with Gasteiger partial charge in [0.1, 0.15) is 5.75 Å². The van der Waals surface area contributed by atoms with Crippen molar-refractivity contribution in [3.63, 3.8) is 0 Å². The highest BCUT2D eigenvalue weighted by Crippen LogP contribution is 2.26. The highest BCUT2D eigenvalue weighted by molar-refractivity contribution is 6.34. The van der Waals surface area contributed by atoms with Gasteiger partial charge in [0.25, 0.3) is 11.8 Å². The molecule has 0 saturated carbocycles. The van der Waals surface area contributed by atoms with E-state index < -0.39 is 5.91 Å². The fourth-order valence-corrected chi connectivity index (χ4v) is 2.46. The van der Waals surface area contributed by atoms with E-state index >= 15 is 0 Å². The molecule has 0 atom stereocenters. The van der Waals surface area contributed by atoms with Crippen molar-refractivity contribution in [3.8, 4) is 5.75 Å². The predicted molar refractivity (Wildman–Crippen MR) is 99.1 cm³/mol. The summed E-state index contributed by atoms with van der Waals surface area (Å²) in [6.07, 6.45) is 1.41. The van der Waals surface area contributed by atoms with E-state index in [1.165, 1.54) is 6.26 Å². The minimum atomic E-state index is -0.410. The molecule has 3 aromatic rings. The molecule has 0 fully saturated rings. The van der Waals surface area contributed by atoms with Crippen LogP contribution in [0.25, 0.3) is 0 Å². The van der Waals surface area contributed by atoms with E-state index in [4.69, 9.17) is 20.8 Å². The second-order valence-corrected chi connectivity index (χ2v) is 5.72. The third-order valence-electron chi connectivity index (χ3n) is 3.57. The van der Waals surface area contributed by atoms with Gasteiger partial charge >= 0.3 is 0 Å². The Bertz CT molecular complexity index is 921. The van der Waals surface area contributed by atoms with Gasteiger partial charge in [-0.05, 0) is 54.6 Å². The average Bonchev–Trinajstić information content (AvgIpc) is 3.19.